The van der Waals surface area contributed by atoms with Crippen molar-refractivity contribution in [3.63, 3.8) is 0 Å². The molecule has 3 aromatic rings. The SMILES string of the molecule is C[C@H]1CN([C@@H](C)CO)C(=O)c2cc(NC(=O)CCCCCC(=O)Nc3ccccc3N)ccc2O[C@@H]1CN(C)S(=O)(=O)c1cn(C)cn1. The smallest absolute Gasteiger partial charge is 0.261 e. The largest absolute Gasteiger partial charge is 0.488 e. The van der Waals surface area contributed by atoms with Crippen molar-refractivity contribution in [2.75, 3.05) is 43.1 Å². The van der Waals surface area contributed by atoms with Crippen LogP contribution in [0.15, 0.2) is 60.0 Å². The molecule has 2 aromatic carbocycles. The first kappa shape index (κ1) is 36.4. The average molecular weight is 684 g/mol. The fourth-order valence-corrected chi connectivity index (χ4v) is 6.49. The van der Waals surface area contributed by atoms with Crippen LogP contribution >= 0.6 is 0 Å². The molecule has 3 atom stereocenters. The summed E-state index contributed by atoms with van der Waals surface area (Å²) in [5.74, 6) is -0.835. The third kappa shape index (κ3) is 9.11. The highest BCUT2D eigenvalue weighted by Gasteiger charge is 2.35. The lowest BCUT2D eigenvalue weighted by molar-refractivity contribution is -0.116. The molecule has 4 rings (SSSR count). The van der Waals surface area contributed by atoms with Crippen LogP contribution in [0.1, 0.15) is 56.3 Å². The van der Waals surface area contributed by atoms with Gasteiger partial charge in [0.15, 0.2) is 5.03 Å². The number of aliphatic hydroxyl groups excluding tert-OH is 1. The van der Waals surface area contributed by atoms with Crippen molar-refractivity contribution < 1.29 is 32.6 Å². The molecule has 0 bridgehead atoms. The Bertz CT molecular complexity index is 1710. The summed E-state index contributed by atoms with van der Waals surface area (Å²) in [4.78, 5) is 44.3. The molecule has 15 heteroatoms. The van der Waals surface area contributed by atoms with E-state index in [2.05, 4.69) is 15.6 Å². The molecule has 1 aliphatic rings. The van der Waals surface area contributed by atoms with Gasteiger partial charge in [0.25, 0.3) is 15.9 Å². The second-order valence-corrected chi connectivity index (χ2v) is 14.2. The maximum atomic E-state index is 13.7. The summed E-state index contributed by atoms with van der Waals surface area (Å²) in [6.07, 6.45) is 4.54. The fourth-order valence-electron chi connectivity index (χ4n) is 5.35. The summed E-state index contributed by atoms with van der Waals surface area (Å²) in [5, 5.41) is 15.5. The van der Waals surface area contributed by atoms with E-state index in [4.69, 9.17) is 10.5 Å². The lowest BCUT2D eigenvalue weighted by Gasteiger charge is -2.38. The minimum atomic E-state index is -3.91. The van der Waals surface area contributed by atoms with E-state index in [1.807, 2.05) is 6.92 Å². The third-order valence-corrected chi connectivity index (χ3v) is 9.99. The van der Waals surface area contributed by atoms with Gasteiger partial charge in [0.1, 0.15) is 11.9 Å². The van der Waals surface area contributed by atoms with Crippen LogP contribution in [-0.4, -0.2) is 88.9 Å². The number of carbonyl (C=O) groups is 3. The Labute approximate surface area is 281 Å². The zero-order chi connectivity index (χ0) is 35.0. The van der Waals surface area contributed by atoms with Crippen LogP contribution in [0.25, 0.3) is 0 Å². The quantitative estimate of drug-likeness (QED) is 0.146. The number of benzene rings is 2. The van der Waals surface area contributed by atoms with E-state index in [9.17, 15) is 27.9 Å². The summed E-state index contributed by atoms with van der Waals surface area (Å²) >= 11 is 0. The number of unbranched alkanes of at least 4 members (excludes halogenated alkanes) is 2. The first-order chi connectivity index (χ1) is 22.8. The standard InChI is InChI=1S/C33H45N7O7S/c1-22-17-40(23(2)20-41)33(44)25-16-24(36-30(42)12-6-5-7-13-31(43)37-27-11-9-8-10-26(27)34)14-15-28(25)47-29(22)18-39(4)48(45,46)32-19-38(3)21-35-32/h8-11,14-16,19,21-23,29,41H,5-7,12-13,17-18,20,34H2,1-4H3,(H,36,42)(H,37,43)/t22-,23-,29+/m0/s1. The van der Waals surface area contributed by atoms with Gasteiger partial charge in [-0.3, -0.25) is 14.4 Å². The van der Waals surface area contributed by atoms with Crippen molar-refractivity contribution in [3.8, 4) is 5.75 Å². The molecule has 1 aromatic heterocycles. The number of anilines is 3. The predicted molar refractivity (Wildman–Crippen MR) is 182 cm³/mol. The number of nitrogen functional groups attached to an aromatic ring is 1. The Kier molecular flexibility index (Phi) is 12.2. The van der Waals surface area contributed by atoms with Gasteiger partial charge in [-0.2, -0.15) is 4.31 Å². The number of hydrogen-bond donors (Lipinski definition) is 4. The highest BCUT2D eigenvalue weighted by atomic mass is 32.2. The molecule has 2 heterocycles. The van der Waals surface area contributed by atoms with Crippen molar-refractivity contribution in [1.29, 1.82) is 0 Å². The Balaban J connectivity index is 1.40. The van der Waals surface area contributed by atoms with E-state index < -0.39 is 22.2 Å². The van der Waals surface area contributed by atoms with Crippen molar-refractivity contribution in [2.24, 2.45) is 13.0 Å². The molecule has 0 aliphatic carbocycles. The number of likely N-dealkylation sites (N-methyl/N-ethyl adjacent to an activating group) is 1. The Morgan fingerprint density at radius 2 is 1.81 bits per heavy atom. The number of aryl methyl sites for hydroxylation is 1. The lowest BCUT2D eigenvalue weighted by Crippen LogP contribution is -2.50. The zero-order valence-corrected chi connectivity index (χ0v) is 28.6. The summed E-state index contributed by atoms with van der Waals surface area (Å²) in [6.45, 7) is 3.50. The number of nitrogens with zero attached hydrogens (tertiary/aromatic N) is 4. The number of para-hydroxylation sites is 2. The maximum absolute atomic E-state index is 13.7. The molecular formula is C33H45N7O7S. The first-order valence-electron chi connectivity index (χ1n) is 15.9. The van der Waals surface area contributed by atoms with Gasteiger partial charge in [-0.15, -0.1) is 0 Å². The molecule has 0 fully saturated rings. The molecule has 48 heavy (non-hydrogen) atoms. The highest BCUT2D eigenvalue weighted by Crippen LogP contribution is 2.31. The van der Waals surface area contributed by atoms with Gasteiger partial charge in [0, 0.05) is 51.3 Å². The third-order valence-electron chi connectivity index (χ3n) is 8.28. The van der Waals surface area contributed by atoms with Crippen LogP contribution < -0.4 is 21.1 Å². The fraction of sp³-hybridized carbons (Fsp3) is 0.455. The van der Waals surface area contributed by atoms with Crippen LogP contribution in [0.3, 0.4) is 0 Å². The number of nitrogens with one attached hydrogen (secondary N) is 2. The maximum Gasteiger partial charge on any atom is 0.261 e. The summed E-state index contributed by atoms with van der Waals surface area (Å²) in [6, 6.07) is 11.3. The number of aliphatic hydroxyl groups is 1. The minimum absolute atomic E-state index is 0.0183. The monoisotopic (exact) mass is 683 g/mol. The van der Waals surface area contributed by atoms with Gasteiger partial charge in [0.05, 0.1) is 42.5 Å². The van der Waals surface area contributed by atoms with Gasteiger partial charge in [0.2, 0.25) is 11.8 Å². The van der Waals surface area contributed by atoms with E-state index in [-0.39, 0.29) is 66.1 Å². The van der Waals surface area contributed by atoms with Gasteiger partial charge in [-0.1, -0.05) is 25.5 Å². The number of hydrogen-bond acceptors (Lipinski definition) is 9. The van der Waals surface area contributed by atoms with Crippen LogP contribution in [0, 0.1) is 5.92 Å². The topological polar surface area (TPSA) is 189 Å². The van der Waals surface area contributed by atoms with Gasteiger partial charge in [-0.25, -0.2) is 13.4 Å². The molecule has 260 valence electrons. The molecule has 3 amide bonds. The predicted octanol–water partition coefficient (Wildman–Crippen LogP) is 3.07. The molecule has 0 unspecified atom stereocenters. The molecular weight excluding hydrogens is 638 g/mol. The number of fused-ring (bicyclic) bond motifs is 1. The number of aromatic nitrogens is 2. The van der Waals surface area contributed by atoms with E-state index in [1.54, 1.807) is 59.8 Å². The molecule has 0 radical (unpaired) electrons. The summed E-state index contributed by atoms with van der Waals surface area (Å²) < 4.78 is 35.4. The van der Waals surface area contributed by atoms with Crippen molar-refractivity contribution in [2.45, 2.75) is 63.1 Å². The second-order valence-electron chi connectivity index (χ2n) is 12.2. The van der Waals surface area contributed by atoms with Crippen LogP contribution in [0.4, 0.5) is 17.1 Å². The van der Waals surface area contributed by atoms with E-state index in [0.717, 1.165) is 0 Å². The van der Waals surface area contributed by atoms with Crippen molar-refractivity contribution in [1.82, 2.24) is 18.8 Å². The lowest BCUT2D eigenvalue weighted by atomic mass is 9.99. The van der Waals surface area contributed by atoms with Gasteiger partial charge < -0.3 is 35.7 Å². The van der Waals surface area contributed by atoms with E-state index >= 15 is 0 Å². The molecule has 5 N–H and O–H groups in total. The summed E-state index contributed by atoms with van der Waals surface area (Å²) in [7, 11) is -0.773. The van der Waals surface area contributed by atoms with Gasteiger partial charge in [-0.05, 0) is 50.1 Å². The average Bonchev–Trinajstić information content (AvgIpc) is 3.50. The van der Waals surface area contributed by atoms with Gasteiger partial charge >= 0.3 is 0 Å². The number of ether oxygens (including phenoxy) is 1. The minimum Gasteiger partial charge on any atom is -0.488 e. The number of rotatable bonds is 14. The molecule has 1 aliphatic heterocycles. The number of nitrogens with two attached hydrogens (primary N) is 1. The Hall–Kier alpha value is -4.47. The van der Waals surface area contributed by atoms with Crippen molar-refractivity contribution in [3.05, 3.63) is 60.6 Å². The molecule has 14 nitrogen and oxygen atoms in total. The number of amides is 3. The second kappa shape index (κ2) is 16.1. The normalized spacial score (nSPS) is 17.2. The zero-order valence-electron chi connectivity index (χ0n) is 27.8. The molecule has 0 spiro atoms. The first-order valence-corrected chi connectivity index (χ1v) is 17.3. The van der Waals surface area contributed by atoms with Crippen LogP contribution in [0.5, 0.6) is 5.75 Å². The Morgan fingerprint density at radius 3 is 2.46 bits per heavy atom. The van der Waals surface area contributed by atoms with Crippen LogP contribution in [-0.2, 0) is 26.7 Å². The number of imidazole rings is 1. The van der Waals surface area contributed by atoms with E-state index in [0.29, 0.717) is 42.7 Å². The Morgan fingerprint density at radius 1 is 1.12 bits per heavy atom. The number of carbonyl (C=O) groups excluding carboxylic acids is 3. The van der Waals surface area contributed by atoms with E-state index in [1.165, 1.54) is 29.9 Å². The number of sulfonamides is 1. The summed E-state index contributed by atoms with van der Waals surface area (Å²) in [5.41, 5.74) is 7.52. The van der Waals surface area contributed by atoms with Crippen LogP contribution in [0.2, 0.25) is 0 Å². The molecule has 0 saturated carbocycles. The highest BCUT2D eigenvalue weighted by molar-refractivity contribution is 7.89. The molecule has 0 saturated heterocycles. The van der Waals surface area contributed by atoms with Crippen molar-refractivity contribution >= 4 is 44.8 Å².